The molecule has 1 aromatic heterocycles. The lowest BCUT2D eigenvalue weighted by Crippen LogP contribution is -2.45. The number of hydrogen-bond donors (Lipinski definition) is 2. The molecule has 3 N–H and O–H groups in total. The fourth-order valence-electron chi connectivity index (χ4n) is 2.38. The summed E-state index contributed by atoms with van der Waals surface area (Å²) in [5.41, 5.74) is 7.66. The van der Waals surface area contributed by atoms with Gasteiger partial charge in [-0.25, -0.2) is 0 Å². The van der Waals surface area contributed by atoms with Gasteiger partial charge in [0.05, 0.1) is 11.6 Å². The van der Waals surface area contributed by atoms with Crippen LogP contribution < -0.4 is 11.1 Å². The van der Waals surface area contributed by atoms with Gasteiger partial charge in [0.15, 0.2) is 0 Å². The van der Waals surface area contributed by atoms with Gasteiger partial charge in [0.25, 0.3) is 0 Å². The molecule has 2 aromatic rings. The number of nitrogens with zero attached hydrogens (tertiary/aromatic N) is 2. The van der Waals surface area contributed by atoms with E-state index in [1.165, 1.54) is 5.39 Å². The van der Waals surface area contributed by atoms with Crippen molar-refractivity contribution >= 4 is 47.3 Å². The molecule has 0 aliphatic heterocycles. The van der Waals surface area contributed by atoms with Crippen LogP contribution in [0.15, 0.2) is 30.5 Å². The first-order valence-electron chi connectivity index (χ1n) is 7.98. The van der Waals surface area contributed by atoms with Crippen LogP contribution in [-0.2, 0) is 11.3 Å². The van der Waals surface area contributed by atoms with E-state index in [-0.39, 0.29) is 36.1 Å². The Hall–Kier alpha value is -1.27. The Kier molecular flexibility index (Phi) is 8.95. The van der Waals surface area contributed by atoms with Crippen molar-refractivity contribution in [3.8, 4) is 0 Å². The molecule has 1 amide bonds. The summed E-state index contributed by atoms with van der Waals surface area (Å²) in [6.07, 6.45) is 2.08. The van der Waals surface area contributed by atoms with Gasteiger partial charge in [-0.3, -0.25) is 4.79 Å². The number of halogens is 2. The van der Waals surface area contributed by atoms with Gasteiger partial charge in [-0.05, 0) is 43.1 Å². The standard InChI is InChI=1S/C18H28N4O.2ClH/c1-18(2,3)16(19)17(23)20-14-7-6-13-8-9-22(15(13)12-14)11-10-21(4)5;;/h6-9,12,16H,10-11,19H2,1-5H3,(H,20,23);2*1H/t16-;;/m1../s1. The number of fused-ring (bicyclic) bond motifs is 1. The molecule has 1 heterocycles. The van der Waals surface area contributed by atoms with Crippen LogP contribution in [0.5, 0.6) is 0 Å². The number of nitrogens with two attached hydrogens (primary N) is 1. The lowest BCUT2D eigenvalue weighted by Gasteiger charge is -2.25. The van der Waals surface area contributed by atoms with Crippen molar-refractivity contribution < 1.29 is 4.79 Å². The van der Waals surface area contributed by atoms with Crippen molar-refractivity contribution in [2.45, 2.75) is 33.4 Å². The number of aromatic nitrogens is 1. The second kappa shape index (κ2) is 9.43. The van der Waals surface area contributed by atoms with Gasteiger partial charge in [0.1, 0.15) is 0 Å². The number of benzene rings is 1. The Bertz CT molecular complexity index is 692. The largest absolute Gasteiger partial charge is 0.346 e. The smallest absolute Gasteiger partial charge is 0.241 e. The second-order valence-electron chi connectivity index (χ2n) is 7.42. The van der Waals surface area contributed by atoms with Crippen LogP contribution in [-0.4, -0.2) is 42.1 Å². The van der Waals surface area contributed by atoms with E-state index in [2.05, 4.69) is 41.1 Å². The molecule has 1 aromatic carbocycles. The molecule has 2 rings (SSSR count). The van der Waals surface area contributed by atoms with Crippen LogP contribution in [0.25, 0.3) is 10.9 Å². The zero-order chi connectivity index (χ0) is 17.2. The number of carbonyl (C=O) groups excluding carboxylic acids is 1. The number of rotatable bonds is 5. The van der Waals surface area contributed by atoms with Crippen LogP contribution in [0.1, 0.15) is 20.8 Å². The average molecular weight is 389 g/mol. The molecule has 0 bridgehead atoms. The molecule has 0 saturated carbocycles. The number of carbonyl (C=O) groups is 1. The Morgan fingerprint density at radius 1 is 1.24 bits per heavy atom. The minimum Gasteiger partial charge on any atom is -0.346 e. The fourth-order valence-corrected chi connectivity index (χ4v) is 2.38. The molecular weight excluding hydrogens is 359 g/mol. The molecule has 5 nitrogen and oxygen atoms in total. The van der Waals surface area contributed by atoms with E-state index >= 15 is 0 Å². The molecular formula is C18H30Cl2N4O. The van der Waals surface area contributed by atoms with Crippen molar-refractivity contribution in [1.82, 2.24) is 9.47 Å². The molecule has 0 radical (unpaired) electrons. The summed E-state index contributed by atoms with van der Waals surface area (Å²) < 4.78 is 2.20. The minimum atomic E-state index is -0.543. The summed E-state index contributed by atoms with van der Waals surface area (Å²) >= 11 is 0. The van der Waals surface area contributed by atoms with E-state index in [4.69, 9.17) is 5.73 Å². The van der Waals surface area contributed by atoms with Crippen LogP contribution in [0.4, 0.5) is 5.69 Å². The SMILES string of the molecule is CN(C)CCn1ccc2ccc(NC(=O)[C@@H](N)C(C)(C)C)cc21.Cl.Cl. The zero-order valence-corrected chi connectivity index (χ0v) is 17.2. The lowest BCUT2D eigenvalue weighted by atomic mass is 9.87. The Labute approximate surface area is 162 Å². The second-order valence-corrected chi connectivity index (χ2v) is 7.42. The Balaban J connectivity index is 0.00000288. The Morgan fingerprint density at radius 2 is 1.88 bits per heavy atom. The third kappa shape index (κ3) is 6.19. The van der Waals surface area contributed by atoms with Gasteiger partial charge in [-0.2, -0.15) is 0 Å². The third-order valence-electron chi connectivity index (χ3n) is 4.05. The van der Waals surface area contributed by atoms with E-state index in [9.17, 15) is 4.79 Å². The van der Waals surface area contributed by atoms with E-state index in [1.807, 2.05) is 39.0 Å². The molecule has 0 aliphatic carbocycles. The van der Waals surface area contributed by atoms with E-state index in [1.54, 1.807) is 0 Å². The predicted molar refractivity (Wildman–Crippen MR) is 111 cm³/mol. The van der Waals surface area contributed by atoms with Gasteiger partial charge in [0, 0.05) is 25.0 Å². The topological polar surface area (TPSA) is 63.3 Å². The third-order valence-corrected chi connectivity index (χ3v) is 4.05. The van der Waals surface area contributed by atoms with Crippen LogP contribution in [0.3, 0.4) is 0 Å². The van der Waals surface area contributed by atoms with E-state index in [0.717, 1.165) is 24.3 Å². The first-order chi connectivity index (χ1) is 10.7. The van der Waals surface area contributed by atoms with E-state index < -0.39 is 6.04 Å². The van der Waals surface area contributed by atoms with Crippen molar-refractivity contribution in [3.63, 3.8) is 0 Å². The van der Waals surface area contributed by atoms with Crippen LogP contribution in [0.2, 0.25) is 0 Å². The van der Waals surface area contributed by atoms with Gasteiger partial charge >= 0.3 is 0 Å². The zero-order valence-electron chi connectivity index (χ0n) is 15.6. The van der Waals surface area contributed by atoms with Gasteiger partial charge in [-0.1, -0.05) is 26.8 Å². The predicted octanol–water partition coefficient (Wildman–Crippen LogP) is 3.36. The van der Waals surface area contributed by atoms with Crippen molar-refractivity contribution in [2.24, 2.45) is 11.1 Å². The number of amides is 1. The first kappa shape index (κ1) is 23.7. The summed E-state index contributed by atoms with van der Waals surface area (Å²) in [6, 6.07) is 7.51. The highest BCUT2D eigenvalue weighted by atomic mass is 35.5. The minimum absolute atomic E-state index is 0. The van der Waals surface area contributed by atoms with Crippen LogP contribution in [0, 0.1) is 5.41 Å². The van der Waals surface area contributed by atoms with E-state index in [0.29, 0.717) is 0 Å². The molecule has 0 fully saturated rings. The molecule has 7 heteroatoms. The van der Waals surface area contributed by atoms with Crippen molar-refractivity contribution in [2.75, 3.05) is 26.0 Å². The summed E-state index contributed by atoms with van der Waals surface area (Å²) in [6.45, 7) is 7.78. The maximum Gasteiger partial charge on any atom is 0.241 e. The average Bonchev–Trinajstić information content (AvgIpc) is 2.85. The summed E-state index contributed by atoms with van der Waals surface area (Å²) in [5, 5.41) is 4.10. The highest BCUT2D eigenvalue weighted by molar-refractivity contribution is 5.97. The maximum absolute atomic E-state index is 12.3. The van der Waals surface area contributed by atoms with Gasteiger partial charge in [-0.15, -0.1) is 24.8 Å². The van der Waals surface area contributed by atoms with Crippen molar-refractivity contribution in [3.05, 3.63) is 30.5 Å². The lowest BCUT2D eigenvalue weighted by molar-refractivity contribution is -0.119. The normalized spacial score (nSPS) is 12.4. The molecule has 0 saturated heterocycles. The number of anilines is 1. The summed E-state index contributed by atoms with van der Waals surface area (Å²) in [7, 11) is 4.12. The monoisotopic (exact) mass is 388 g/mol. The molecule has 1 atom stereocenters. The quantitative estimate of drug-likeness (QED) is 0.824. The van der Waals surface area contributed by atoms with Crippen LogP contribution >= 0.6 is 24.8 Å². The summed E-state index contributed by atoms with van der Waals surface area (Å²) in [4.78, 5) is 14.4. The Morgan fingerprint density at radius 3 is 2.44 bits per heavy atom. The highest BCUT2D eigenvalue weighted by Crippen LogP contribution is 2.22. The molecule has 0 aliphatic rings. The van der Waals surface area contributed by atoms with Gasteiger partial charge < -0.3 is 20.5 Å². The highest BCUT2D eigenvalue weighted by Gasteiger charge is 2.27. The molecule has 142 valence electrons. The molecule has 25 heavy (non-hydrogen) atoms. The van der Waals surface area contributed by atoms with Gasteiger partial charge in [0.2, 0.25) is 5.91 Å². The number of hydrogen-bond acceptors (Lipinski definition) is 3. The first-order valence-corrected chi connectivity index (χ1v) is 7.98. The maximum atomic E-state index is 12.3. The molecule has 0 unspecified atom stereocenters. The fraction of sp³-hybridized carbons (Fsp3) is 0.500. The van der Waals surface area contributed by atoms with Crippen molar-refractivity contribution in [1.29, 1.82) is 0 Å². The molecule has 0 spiro atoms. The summed E-state index contributed by atoms with van der Waals surface area (Å²) in [5.74, 6) is -0.150. The number of likely N-dealkylation sites (N-methyl/N-ethyl adjacent to an activating group) is 1. The number of nitrogens with one attached hydrogen (secondary N) is 1.